The Bertz CT molecular complexity index is 1940. The zero-order valence-corrected chi connectivity index (χ0v) is 29.2. The van der Waals surface area contributed by atoms with E-state index in [0.717, 1.165) is 46.2 Å². The molecule has 2 aliphatic carbocycles. The number of rotatable bonds is 8. The molecule has 0 bridgehead atoms. The van der Waals surface area contributed by atoms with Crippen LogP contribution < -0.4 is 0 Å². The van der Waals surface area contributed by atoms with Crippen LogP contribution in [0.2, 0.25) is 0 Å². The number of fused-ring (bicyclic) bond motifs is 1. The number of hydrogen-bond donors (Lipinski definition) is 0. The van der Waals surface area contributed by atoms with Crippen molar-refractivity contribution in [3.05, 3.63) is 130 Å². The fraction of sp³-hybridized carbons (Fsp3) is 0.375. The molecule has 0 N–H and O–H groups in total. The van der Waals surface area contributed by atoms with Crippen molar-refractivity contribution in [1.29, 1.82) is 0 Å². The van der Waals surface area contributed by atoms with Crippen LogP contribution in [0.25, 0.3) is 0 Å². The van der Waals surface area contributed by atoms with Gasteiger partial charge in [-0.05, 0) is 92.0 Å². The molecule has 0 saturated heterocycles. The highest BCUT2D eigenvalue weighted by atomic mass is 32.2. The molecule has 6 rings (SSSR count). The van der Waals surface area contributed by atoms with Crippen molar-refractivity contribution in [1.82, 2.24) is 0 Å². The molecule has 0 aromatic heterocycles. The Morgan fingerprint density at radius 1 is 0.553 bits per heavy atom. The number of sulfone groups is 2. The van der Waals surface area contributed by atoms with Crippen LogP contribution in [0, 0.1) is 25.7 Å². The summed E-state index contributed by atoms with van der Waals surface area (Å²) in [6.07, 6.45) is 2.16. The van der Waals surface area contributed by atoms with Gasteiger partial charge in [0.15, 0.2) is 19.7 Å². The minimum Gasteiger partial charge on any atom is -0.299 e. The molecule has 5 nitrogen and oxygen atoms in total. The molecule has 0 radical (unpaired) electrons. The summed E-state index contributed by atoms with van der Waals surface area (Å²) in [6.45, 7) is 7.99. The molecular weight excluding hydrogens is 625 g/mol. The van der Waals surface area contributed by atoms with Gasteiger partial charge in [-0.15, -0.1) is 0 Å². The van der Waals surface area contributed by atoms with Gasteiger partial charge in [0.1, 0.15) is 5.78 Å². The zero-order valence-electron chi connectivity index (χ0n) is 27.6. The number of carbonyl (C=O) groups excluding carboxylic acids is 1. The lowest BCUT2D eigenvalue weighted by Gasteiger charge is -2.48. The van der Waals surface area contributed by atoms with Gasteiger partial charge in [-0.2, -0.15) is 0 Å². The second kappa shape index (κ2) is 13.2. The molecule has 246 valence electrons. The van der Waals surface area contributed by atoms with Crippen molar-refractivity contribution in [3.8, 4) is 0 Å². The molecule has 47 heavy (non-hydrogen) atoms. The Hall–Kier alpha value is -3.55. The van der Waals surface area contributed by atoms with E-state index in [4.69, 9.17) is 0 Å². The second-order valence-electron chi connectivity index (χ2n) is 13.5. The summed E-state index contributed by atoms with van der Waals surface area (Å²) in [5.41, 5.74) is 5.92. The Balaban J connectivity index is 1.50. The minimum atomic E-state index is -3.91. The van der Waals surface area contributed by atoms with Gasteiger partial charge < -0.3 is 0 Å². The number of carbonyl (C=O) groups is 1. The van der Waals surface area contributed by atoms with Crippen molar-refractivity contribution < 1.29 is 21.6 Å². The molecule has 2 saturated carbocycles. The van der Waals surface area contributed by atoms with Gasteiger partial charge in [-0.1, -0.05) is 97.8 Å². The number of benzene rings is 4. The summed E-state index contributed by atoms with van der Waals surface area (Å²) < 4.78 is 58.5. The first-order chi connectivity index (χ1) is 22.4. The third kappa shape index (κ3) is 6.37. The van der Waals surface area contributed by atoms with Crippen LogP contribution in [0.4, 0.5) is 0 Å². The van der Waals surface area contributed by atoms with Gasteiger partial charge in [-0.3, -0.25) is 4.79 Å². The van der Waals surface area contributed by atoms with Crippen LogP contribution in [0.1, 0.15) is 78.3 Å². The van der Waals surface area contributed by atoms with Gasteiger partial charge >= 0.3 is 0 Å². The fourth-order valence-corrected chi connectivity index (χ4v) is 12.3. The first-order valence-corrected chi connectivity index (χ1v) is 19.8. The van der Waals surface area contributed by atoms with E-state index in [1.807, 2.05) is 74.5 Å². The van der Waals surface area contributed by atoms with Crippen LogP contribution in [-0.4, -0.2) is 33.1 Å². The van der Waals surface area contributed by atoms with Crippen LogP contribution in [-0.2, 0) is 37.3 Å². The molecule has 4 aromatic rings. The van der Waals surface area contributed by atoms with Gasteiger partial charge in [-0.25, -0.2) is 16.8 Å². The number of ketones is 1. The molecule has 2 unspecified atom stereocenters. The summed E-state index contributed by atoms with van der Waals surface area (Å²) >= 11 is 0. The summed E-state index contributed by atoms with van der Waals surface area (Å²) in [5, 5.41) is -1.73. The Kier molecular flexibility index (Phi) is 9.34. The van der Waals surface area contributed by atoms with E-state index in [1.165, 1.54) is 0 Å². The lowest BCUT2D eigenvalue weighted by Crippen LogP contribution is -2.53. The van der Waals surface area contributed by atoms with E-state index in [9.17, 15) is 21.6 Å². The monoisotopic (exact) mass is 668 g/mol. The van der Waals surface area contributed by atoms with E-state index >= 15 is 0 Å². The molecule has 7 heteroatoms. The van der Waals surface area contributed by atoms with Crippen molar-refractivity contribution in [2.24, 2.45) is 11.8 Å². The number of Topliss-reactive ketones (excluding diaryl/α,β-unsaturated/α-hetero) is 1. The molecule has 0 amide bonds. The predicted octanol–water partition coefficient (Wildman–Crippen LogP) is 7.98. The molecule has 2 fully saturated rings. The molecule has 4 aromatic carbocycles. The predicted molar refractivity (Wildman–Crippen MR) is 187 cm³/mol. The normalized spacial score (nSPS) is 24.9. The molecule has 0 aliphatic heterocycles. The molecule has 0 heterocycles. The van der Waals surface area contributed by atoms with E-state index in [0.29, 0.717) is 0 Å². The Morgan fingerprint density at radius 2 is 1.00 bits per heavy atom. The van der Waals surface area contributed by atoms with Crippen molar-refractivity contribution in [2.45, 2.75) is 91.9 Å². The Morgan fingerprint density at radius 3 is 1.47 bits per heavy atom. The third-order valence-corrected chi connectivity index (χ3v) is 15.3. The molecular formula is C40H44O5S2. The lowest BCUT2D eigenvalue weighted by molar-refractivity contribution is -0.128. The number of hydrogen-bond acceptors (Lipinski definition) is 5. The SMILES string of the molecule is CCc1ccc([C@@H]2C[C@@H]3C(S(=O)(=O)c4ccc(C)cc4)[C@H](c4ccc(CC)cc4)CC(=O)[C@@H]3CC2S(=O)(=O)c2ccc(C)cc2)cc1. The largest absolute Gasteiger partial charge is 0.299 e. The summed E-state index contributed by atoms with van der Waals surface area (Å²) in [6, 6.07) is 29.9. The van der Waals surface area contributed by atoms with Gasteiger partial charge in [0.25, 0.3) is 0 Å². The van der Waals surface area contributed by atoms with Crippen LogP contribution in [0.3, 0.4) is 0 Å². The maximum Gasteiger partial charge on any atom is 0.182 e. The average Bonchev–Trinajstić information content (AvgIpc) is 3.08. The maximum absolute atomic E-state index is 14.8. The highest BCUT2D eigenvalue weighted by Crippen LogP contribution is 2.54. The zero-order chi connectivity index (χ0) is 33.5. The quantitative estimate of drug-likeness (QED) is 0.190. The van der Waals surface area contributed by atoms with E-state index in [1.54, 1.807) is 36.4 Å². The molecule has 6 atom stereocenters. The van der Waals surface area contributed by atoms with E-state index in [-0.39, 0.29) is 34.8 Å². The van der Waals surface area contributed by atoms with Gasteiger partial charge in [0.05, 0.1) is 20.3 Å². The average molecular weight is 669 g/mol. The van der Waals surface area contributed by atoms with Crippen molar-refractivity contribution in [3.63, 3.8) is 0 Å². The first-order valence-electron chi connectivity index (χ1n) is 16.8. The van der Waals surface area contributed by atoms with Crippen LogP contribution in [0.15, 0.2) is 107 Å². The van der Waals surface area contributed by atoms with Gasteiger partial charge in [0.2, 0.25) is 0 Å². The van der Waals surface area contributed by atoms with E-state index < -0.39 is 53.8 Å². The highest BCUT2D eigenvalue weighted by molar-refractivity contribution is 7.92. The number of aryl methyl sites for hydroxylation is 4. The van der Waals surface area contributed by atoms with Crippen LogP contribution >= 0.6 is 0 Å². The van der Waals surface area contributed by atoms with Crippen molar-refractivity contribution in [2.75, 3.05) is 0 Å². The Labute approximate surface area is 280 Å². The van der Waals surface area contributed by atoms with Crippen LogP contribution in [0.5, 0.6) is 0 Å². The maximum atomic E-state index is 14.8. The lowest BCUT2D eigenvalue weighted by atomic mass is 9.61. The van der Waals surface area contributed by atoms with E-state index in [2.05, 4.69) is 13.8 Å². The minimum absolute atomic E-state index is 0.0428. The van der Waals surface area contributed by atoms with Gasteiger partial charge in [0, 0.05) is 24.2 Å². The molecule has 0 spiro atoms. The summed E-state index contributed by atoms with van der Waals surface area (Å²) in [7, 11) is -7.76. The highest BCUT2D eigenvalue weighted by Gasteiger charge is 2.56. The summed E-state index contributed by atoms with van der Waals surface area (Å²) in [4.78, 5) is 14.7. The second-order valence-corrected chi connectivity index (χ2v) is 17.8. The molecule has 2 aliphatic rings. The standard InChI is InChI=1S/C40H44O5S2/c1-5-28-11-15-30(16-12-28)34-23-37-36(25-39(34)46(42,43)32-19-7-26(3)8-20-32)38(41)24-35(31-17-13-29(6-2)14-18-31)40(37)47(44,45)33-21-9-27(4)10-22-33/h7-22,34-37,39-40H,5-6,23-25H2,1-4H3/t34-,35-,36+,37-,39?,40?/m0/s1. The fourth-order valence-electron chi connectivity index (χ4n) is 7.95. The van der Waals surface area contributed by atoms with Crippen molar-refractivity contribution >= 4 is 25.5 Å². The smallest absolute Gasteiger partial charge is 0.182 e. The third-order valence-electron chi connectivity index (χ3n) is 10.7. The topological polar surface area (TPSA) is 85.3 Å². The summed E-state index contributed by atoms with van der Waals surface area (Å²) in [5.74, 6) is -2.27. The first kappa shape index (κ1) is 33.4.